The topological polar surface area (TPSA) is 92.7 Å². The summed E-state index contributed by atoms with van der Waals surface area (Å²) in [6.07, 6.45) is 0.606. The highest BCUT2D eigenvalue weighted by Gasteiger charge is 2.31. The van der Waals surface area contributed by atoms with Crippen molar-refractivity contribution in [3.05, 3.63) is 65.7 Å². The number of carboxylic acid groups (broad SMARTS) is 1. The zero-order valence-electron chi connectivity index (χ0n) is 17.0. The smallest absolute Gasteiger partial charge is 0.307 e. The number of hydrogen-bond acceptors (Lipinski definition) is 4. The Balaban J connectivity index is 2.05. The van der Waals surface area contributed by atoms with Gasteiger partial charge in [-0.2, -0.15) is 0 Å². The van der Waals surface area contributed by atoms with Crippen molar-refractivity contribution >= 4 is 24.9 Å². The summed E-state index contributed by atoms with van der Waals surface area (Å²) < 4.78 is 18.4. The molecule has 0 bridgehead atoms. The Morgan fingerprint density at radius 1 is 1.07 bits per heavy atom. The van der Waals surface area contributed by atoms with Crippen molar-refractivity contribution in [1.82, 2.24) is 0 Å². The Labute approximate surface area is 171 Å². The molecular weight excluding hydrogens is 389 g/mol. The fourth-order valence-corrected chi connectivity index (χ4v) is 5.28. The second-order valence-electron chi connectivity index (χ2n) is 7.52. The quantitative estimate of drug-likeness (QED) is 0.524. The lowest BCUT2D eigenvalue weighted by atomic mass is 9.99. The first-order valence-corrected chi connectivity index (χ1v) is 11.5. The minimum Gasteiger partial charge on any atom is -0.481 e. The Bertz CT molecular complexity index is 865. The van der Waals surface area contributed by atoms with Gasteiger partial charge in [-0.25, -0.2) is 0 Å². The summed E-state index contributed by atoms with van der Waals surface area (Å²) in [7, 11) is -1.78. The van der Waals surface area contributed by atoms with Crippen molar-refractivity contribution in [3.8, 4) is 0 Å². The maximum atomic E-state index is 13.1. The van der Waals surface area contributed by atoms with Crippen LogP contribution in [0.1, 0.15) is 36.2 Å². The number of carbonyl (C=O) groups is 2. The van der Waals surface area contributed by atoms with Gasteiger partial charge in [0.05, 0.1) is 5.92 Å². The monoisotopic (exact) mass is 417 g/mol. The number of carbonyl (C=O) groups excluding carboxylic acids is 1. The van der Waals surface area contributed by atoms with Crippen LogP contribution >= 0.6 is 7.37 Å². The summed E-state index contributed by atoms with van der Waals surface area (Å²) in [5.74, 6) is -1.67. The van der Waals surface area contributed by atoms with Crippen molar-refractivity contribution in [2.45, 2.75) is 26.4 Å². The van der Waals surface area contributed by atoms with E-state index >= 15 is 0 Å². The predicted octanol–water partition coefficient (Wildman–Crippen LogP) is 5.11. The fourth-order valence-electron chi connectivity index (χ4n) is 3.13. The van der Waals surface area contributed by atoms with E-state index in [2.05, 4.69) is 5.32 Å². The number of benzene rings is 2. The summed E-state index contributed by atoms with van der Waals surface area (Å²) >= 11 is 0. The number of hydrogen-bond donors (Lipinski definition) is 2. The molecule has 0 spiro atoms. The van der Waals surface area contributed by atoms with Gasteiger partial charge in [-0.3, -0.25) is 14.2 Å². The molecule has 0 fully saturated rings. The van der Waals surface area contributed by atoms with Crippen LogP contribution < -0.4 is 5.32 Å². The normalized spacial score (nSPS) is 14.2. The van der Waals surface area contributed by atoms with Crippen molar-refractivity contribution in [3.63, 3.8) is 0 Å². The van der Waals surface area contributed by atoms with E-state index in [1.807, 2.05) is 19.9 Å². The molecule has 0 aliphatic carbocycles. The molecule has 0 aliphatic rings. The van der Waals surface area contributed by atoms with Gasteiger partial charge in [0.1, 0.15) is 0 Å². The Kier molecular flexibility index (Phi) is 8.18. The molecule has 0 radical (unpaired) electrons. The van der Waals surface area contributed by atoms with Crippen molar-refractivity contribution in [1.29, 1.82) is 0 Å². The SMILES string of the molecule is COP(=O)(Cc1ccc(NC(=O)c2ccccc2)cc1)CC(CC(C)C)C(=O)O. The predicted molar refractivity (Wildman–Crippen MR) is 115 cm³/mol. The standard InChI is InChI=1S/C22H28NO5P/c1-16(2)13-19(22(25)26)15-29(27,28-3)14-17-9-11-20(12-10-17)23-21(24)18-7-5-4-6-8-18/h4-12,16,19H,13-15H2,1-3H3,(H,23,24)(H,25,26). The third-order valence-electron chi connectivity index (χ3n) is 4.61. The molecule has 2 aromatic rings. The van der Waals surface area contributed by atoms with Gasteiger partial charge in [-0.05, 0) is 42.2 Å². The Morgan fingerprint density at radius 3 is 2.21 bits per heavy atom. The van der Waals surface area contributed by atoms with Crippen LogP contribution in [0.4, 0.5) is 5.69 Å². The first-order chi connectivity index (χ1) is 13.7. The molecule has 2 rings (SSSR count). The van der Waals surface area contributed by atoms with Crippen LogP contribution in [0.5, 0.6) is 0 Å². The van der Waals surface area contributed by atoms with Gasteiger partial charge >= 0.3 is 5.97 Å². The molecule has 0 saturated carbocycles. The number of rotatable bonds is 10. The molecule has 2 aromatic carbocycles. The number of anilines is 1. The van der Waals surface area contributed by atoms with Gasteiger partial charge in [0.2, 0.25) is 7.37 Å². The molecule has 29 heavy (non-hydrogen) atoms. The molecule has 0 saturated heterocycles. The molecule has 1 amide bonds. The molecule has 7 heteroatoms. The van der Waals surface area contributed by atoms with Crippen molar-refractivity contribution in [2.75, 3.05) is 18.6 Å². The van der Waals surface area contributed by atoms with E-state index in [0.717, 1.165) is 5.56 Å². The molecular formula is C22H28NO5P. The summed E-state index contributed by atoms with van der Waals surface area (Å²) in [4.78, 5) is 23.7. The molecule has 2 atom stereocenters. The van der Waals surface area contributed by atoms with Crippen LogP contribution in [0, 0.1) is 11.8 Å². The van der Waals surface area contributed by atoms with Gasteiger partial charge in [-0.15, -0.1) is 0 Å². The molecule has 6 nitrogen and oxygen atoms in total. The van der Waals surface area contributed by atoms with Crippen molar-refractivity contribution in [2.24, 2.45) is 11.8 Å². The molecule has 2 unspecified atom stereocenters. The van der Waals surface area contributed by atoms with E-state index < -0.39 is 19.3 Å². The van der Waals surface area contributed by atoms with E-state index in [-0.39, 0.29) is 24.1 Å². The lowest BCUT2D eigenvalue weighted by Gasteiger charge is -2.22. The molecule has 0 aliphatic heterocycles. The molecule has 0 heterocycles. The van der Waals surface area contributed by atoms with Crippen molar-refractivity contribution < 1.29 is 23.8 Å². The lowest BCUT2D eigenvalue weighted by Crippen LogP contribution is -2.21. The summed E-state index contributed by atoms with van der Waals surface area (Å²) in [6.45, 7) is 3.88. The number of amides is 1. The summed E-state index contributed by atoms with van der Waals surface area (Å²) in [6, 6.07) is 15.9. The first-order valence-electron chi connectivity index (χ1n) is 9.54. The maximum Gasteiger partial charge on any atom is 0.307 e. The number of nitrogens with one attached hydrogen (secondary N) is 1. The van der Waals surface area contributed by atoms with E-state index in [9.17, 15) is 19.3 Å². The van der Waals surface area contributed by atoms with Crippen LogP contribution in [-0.2, 0) is 20.0 Å². The van der Waals surface area contributed by atoms with Crippen LogP contribution in [0.2, 0.25) is 0 Å². The average Bonchev–Trinajstić information content (AvgIpc) is 2.69. The van der Waals surface area contributed by atoms with Gasteiger partial charge in [0.25, 0.3) is 5.91 Å². The minimum absolute atomic E-state index is 0.00348. The van der Waals surface area contributed by atoms with Gasteiger partial charge in [0, 0.05) is 30.7 Å². The highest BCUT2D eigenvalue weighted by molar-refractivity contribution is 7.58. The summed E-state index contributed by atoms with van der Waals surface area (Å²) in [5, 5.41) is 12.3. The average molecular weight is 417 g/mol. The van der Waals surface area contributed by atoms with E-state index in [1.165, 1.54) is 7.11 Å². The highest BCUT2D eigenvalue weighted by atomic mass is 31.2. The zero-order chi connectivity index (χ0) is 21.4. The maximum absolute atomic E-state index is 13.1. The summed E-state index contributed by atoms with van der Waals surface area (Å²) in [5.41, 5.74) is 1.95. The Morgan fingerprint density at radius 2 is 1.69 bits per heavy atom. The van der Waals surface area contributed by atoms with Gasteiger partial charge < -0.3 is 14.9 Å². The fraction of sp³-hybridized carbons (Fsp3) is 0.364. The van der Waals surface area contributed by atoms with E-state index in [4.69, 9.17) is 4.52 Å². The molecule has 2 N–H and O–H groups in total. The van der Waals surface area contributed by atoms with Crippen LogP contribution in [0.15, 0.2) is 54.6 Å². The highest BCUT2D eigenvalue weighted by Crippen LogP contribution is 2.51. The molecule has 156 valence electrons. The third-order valence-corrected chi connectivity index (χ3v) is 7.12. The minimum atomic E-state index is -3.15. The van der Waals surface area contributed by atoms with E-state index in [1.54, 1.807) is 48.5 Å². The largest absolute Gasteiger partial charge is 0.481 e. The van der Waals surface area contributed by atoms with Crippen LogP contribution in [0.3, 0.4) is 0 Å². The second-order valence-corrected chi connectivity index (χ2v) is 10.2. The zero-order valence-corrected chi connectivity index (χ0v) is 17.9. The van der Waals surface area contributed by atoms with Gasteiger partial charge in [0.15, 0.2) is 0 Å². The van der Waals surface area contributed by atoms with E-state index in [0.29, 0.717) is 17.7 Å². The number of carboxylic acids is 1. The van der Waals surface area contributed by atoms with Crippen LogP contribution in [-0.4, -0.2) is 30.3 Å². The Hall–Kier alpha value is -2.43. The second kappa shape index (κ2) is 10.4. The van der Waals surface area contributed by atoms with Crippen LogP contribution in [0.25, 0.3) is 0 Å². The lowest BCUT2D eigenvalue weighted by molar-refractivity contribution is -0.141. The first kappa shape index (κ1) is 22.9. The molecule has 0 aromatic heterocycles. The third kappa shape index (κ3) is 7.15. The van der Waals surface area contributed by atoms with Gasteiger partial charge in [-0.1, -0.05) is 44.2 Å². The number of aliphatic carboxylic acids is 1.